The summed E-state index contributed by atoms with van der Waals surface area (Å²) in [6, 6.07) is 16.4. The summed E-state index contributed by atoms with van der Waals surface area (Å²) < 4.78 is 17.7. The highest BCUT2D eigenvalue weighted by atomic mass is 16.6. The van der Waals surface area contributed by atoms with Gasteiger partial charge >= 0.3 is 11.8 Å². The number of hydrogen-bond acceptors (Lipinski definition) is 6. The van der Waals surface area contributed by atoms with Crippen LogP contribution < -0.4 is 10.4 Å². The molecule has 3 aromatic rings. The third-order valence-corrected chi connectivity index (χ3v) is 6.01. The first kappa shape index (κ1) is 27.0. The Kier molecular flexibility index (Phi) is 8.21. The molecule has 0 bridgehead atoms. The second-order valence-electron chi connectivity index (χ2n) is 9.95. The van der Waals surface area contributed by atoms with E-state index in [1.54, 1.807) is 41.2 Å². The number of benzene rings is 2. The van der Waals surface area contributed by atoms with E-state index in [4.69, 9.17) is 14.2 Å². The van der Waals surface area contributed by atoms with E-state index in [1.165, 1.54) is 4.57 Å². The van der Waals surface area contributed by atoms with E-state index in [2.05, 4.69) is 4.98 Å². The van der Waals surface area contributed by atoms with Crippen LogP contribution in [0.3, 0.4) is 0 Å². The molecule has 0 spiro atoms. The normalized spacial score (nSPS) is 13.9. The number of amides is 2. The number of carbonyl (C=O) groups is 2. The summed E-state index contributed by atoms with van der Waals surface area (Å²) in [5.74, 6) is 0.272. The molecular weight excluding hydrogens is 488 g/mol. The number of aromatic nitrogens is 2. The number of carbonyl (C=O) groups excluding carboxylic acids is 2. The Balaban J connectivity index is 1.64. The Morgan fingerprint density at radius 2 is 1.61 bits per heavy atom. The van der Waals surface area contributed by atoms with Crippen LogP contribution in [0.4, 0.5) is 4.79 Å². The first-order valence-electron chi connectivity index (χ1n) is 12.6. The second kappa shape index (κ2) is 11.6. The van der Waals surface area contributed by atoms with E-state index in [1.807, 2.05) is 51.1 Å². The number of hydrogen-bond donors (Lipinski definition) is 1. The van der Waals surface area contributed by atoms with Gasteiger partial charge in [0.05, 0.1) is 18.0 Å². The van der Waals surface area contributed by atoms with Crippen LogP contribution in [-0.4, -0.2) is 83.5 Å². The fraction of sp³-hybridized carbons (Fsp3) is 0.393. The van der Waals surface area contributed by atoms with Gasteiger partial charge in [-0.25, -0.2) is 9.59 Å². The van der Waals surface area contributed by atoms with Crippen LogP contribution in [0.1, 0.15) is 31.3 Å². The maximum Gasteiger partial charge on any atom is 0.410 e. The van der Waals surface area contributed by atoms with Crippen molar-refractivity contribution in [3.63, 3.8) is 0 Å². The molecule has 0 saturated carbocycles. The molecule has 0 radical (unpaired) electrons. The molecule has 10 heteroatoms. The molecule has 1 N–H and O–H groups in total. The number of nitrogens with one attached hydrogen (secondary N) is 1. The highest BCUT2D eigenvalue weighted by molar-refractivity contribution is 5.98. The molecule has 38 heavy (non-hydrogen) atoms. The van der Waals surface area contributed by atoms with E-state index in [0.29, 0.717) is 62.1 Å². The third kappa shape index (κ3) is 6.25. The minimum absolute atomic E-state index is 0.192. The number of H-pyrrole nitrogens is 1. The minimum Gasteiger partial charge on any atom is -0.491 e. The number of rotatable bonds is 7. The average Bonchev–Trinajstić information content (AvgIpc) is 3.25. The van der Waals surface area contributed by atoms with E-state index in [-0.39, 0.29) is 11.6 Å². The molecular formula is C28H34N4O6. The van der Waals surface area contributed by atoms with Crippen LogP contribution in [0.5, 0.6) is 5.75 Å². The summed E-state index contributed by atoms with van der Waals surface area (Å²) in [5.41, 5.74) is 0.903. The van der Waals surface area contributed by atoms with Gasteiger partial charge in [-0.1, -0.05) is 36.4 Å². The van der Waals surface area contributed by atoms with Crippen molar-refractivity contribution in [2.75, 3.05) is 46.5 Å². The summed E-state index contributed by atoms with van der Waals surface area (Å²) >= 11 is 0. The lowest BCUT2D eigenvalue weighted by atomic mass is 10.1. The van der Waals surface area contributed by atoms with E-state index in [0.717, 1.165) is 0 Å². The molecule has 4 rings (SSSR count). The van der Waals surface area contributed by atoms with Gasteiger partial charge in [0, 0.05) is 44.9 Å². The fourth-order valence-corrected chi connectivity index (χ4v) is 4.24. The Morgan fingerprint density at radius 3 is 2.26 bits per heavy atom. The van der Waals surface area contributed by atoms with Crippen molar-refractivity contribution in [1.82, 2.24) is 19.4 Å². The van der Waals surface area contributed by atoms with Crippen LogP contribution in [0.25, 0.3) is 16.9 Å². The molecule has 0 unspecified atom stereocenters. The smallest absolute Gasteiger partial charge is 0.410 e. The molecule has 202 valence electrons. The zero-order valence-corrected chi connectivity index (χ0v) is 22.2. The van der Waals surface area contributed by atoms with Crippen LogP contribution in [0, 0.1) is 0 Å². The van der Waals surface area contributed by atoms with Gasteiger partial charge in [-0.2, -0.15) is 0 Å². The fourth-order valence-electron chi connectivity index (χ4n) is 4.24. The standard InChI is InChI=1S/C28H34N4O6/c1-28(2,3)38-27(35)31-15-13-30(14-16-31)25(33)23-24(20-9-6-5-7-10-20)32(26(34)29-23)21-11-8-12-22(19-21)37-18-17-36-4/h5-12,19H,13-18H2,1-4H3,(H,29,34). The highest BCUT2D eigenvalue weighted by Crippen LogP contribution is 2.27. The Morgan fingerprint density at radius 1 is 0.921 bits per heavy atom. The molecule has 0 aliphatic carbocycles. The first-order valence-corrected chi connectivity index (χ1v) is 12.6. The lowest BCUT2D eigenvalue weighted by Gasteiger charge is -2.35. The molecule has 1 aliphatic rings. The first-order chi connectivity index (χ1) is 18.2. The molecule has 1 aromatic heterocycles. The van der Waals surface area contributed by atoms with Crippen molar-refractivity contribution in [2.45, 2.75) is 26.4 Å². The van der Waals surface area contributed by atoms with Gasteiger partial charge in [0.25, 0.3) is 5.91 Å². The third-order valence-electron chi connectivity index (χ3n) is 6.01. The molecule has 1 aliphatic heterocycles. The topological polar surface area (TPSA) is 106 Å². The summed E-state index contributed by atoms with van der Waals surface area (Å²) in [7, 11) is 1.60. The van der Waals surface area contributed by atoms with E-state index >= 15 is 0 Å². The molecule has 0 atom stereocenters. The number of nitrogens with zero attached hydrogens (tertiary/aromatic N) is 3. The molecule has 2 heterocycles. The summed E-state index contributed by atoms with van der Waals surface area (Å²) in [6.07, 6.45) is -0.401. The lowest BCUT2D eigenvalue weighted by Crippen LogP contribution is -2.51. The monoisotopic (exact) mass is 522 g/mol. The Bertz CT molecular complexity index is 1320. The summed E-state index contributed by atoms with van der Waals surface area (Å²) in [6.45, 7) is 7.58. The van der Waals surface area contributed by atoms with E-state index < -0.39 is 17.4 Å². The van der Waals surface area contributed by atoms with Crippen molar-refractivity contribution >= 4 is 12.0 Å². The molecule has 1 saturated heterocycles. The minimum atomic E-state index is -0.594. The van der Waals surface area contributed by atoms with Gasteiger partial charge in [-0.05, 0) is 32.9 Å². The van der Waals surface area contributed by atoms with Crippen molar-refractivity contribution in [2.24, 2.45) is 0 Å². The number of ether oxygens (including phenoxy) is 3. The summed E-state index contributed by atoms with van der Waals surface area (Å²) in [5, 5.41) is 0. The number of piperazine rings is 1. The number of aromatic amines is 1. The van der Waals surface area contributed by atoms with Crippen molar-refractivity contribution < 1.29 is 23.8 Å². The van der Waals surface area contributed by atoms with Crippen molar-refractivity contribution in [1.29, 1.82) is 0 Å². The maximum atomic E-state index is 13.7. The number of imidazole rings is 1. The quantitative estimate of drug-likeness (QED) is 0.476. The van der Waals surface area contributed by atoms with Crippen LogP contribution >= 0.6 is 0 Å². The largest absolute Gasteiger partial charge is 0.491 e. The van der Waals surface area contributed by atoms with Gasteiger partial charge in [0.2, 0.25) is 0 Å². The van der Waals surface area contributed by atoms with Gasteiger partial charge < -0.3 is 29.0 Å². The Labute approximate surface area is 221 Å². The zero-order valence-electron chi connectivity index (χ0n) is 22.2. The van der Waals surface area contributed by atoms with Crippen LogP contribution in [-0.2, 0) is 9.47 Å². The van der Waals surface area contributed by atoms with E-state index in [9.17, 15) is 14.4 Å². The van der Waals surface area contributed by atoms with Crippen LogP contribution in [0.2, 0.25) is 0 Å². The molecule has 1 fully saturated rings. The molecule has 2 aromatic carbocycles. The summed E-state index contributed by atoms with van der Waals surface area (Å²) in [4.78, 5) is 45.5. The predicted molar refractivity (Wildman–Crippen MR) is 143 cm³/mol. The molecule has 2 amide bonds. The van der Waals surface area contributed by atoms with Gasteiger partial charge in [0.15, 0.2) is 0 Å². The molecule has 10 nitrogen and oxygen atoms in total. The highest BCUT2D eigenvalue weighted by Gasteiger charge is 2.31. The van der Waals surface area contributed by atoms with Crippen molar-refractivity contribution in [3.05, 3.63) is 70.8 Å². The van der Waals surface area contributed by atoms with Gasteiger partial charge in [-0.15, -0.1) is 0 Å². The van der Waals surface area contributed by atoms with Crippen LogP contribution in [0.15, 0.2) is 59.4 Å². The van der Waals surface area contributed by atoms with Crippen molar-refractivity contribution in [3.8, 4) is 22.7 Å². The number of methoxy groups -OCH3 is 1. The predicted octanol–water partition coefficient (Wildman–Crippen LogP) is 3.55. The zero-order chi connectivity index (χ0) is 27.3. The average molecular weight is 523 g/mol. The lowest BCUT2D eigenvalue weighted by molar-refractivity contribution is 0.0140. The maximum absolute atomic E-state index is 13.7. The van der Waals surface area contributed by atoms with Gasteiger partial charge in [0.1, 0.15) is 23.7 Å². The Hall–Kier alpha value is -4.05. The second-order valence-corrected chi connectivity index (χ2v) is 9.95. The van der Waals surface area contributed by atoms with Gasteiger partial charge in [-0.3, -0.25) is 9.36 Å². The SMILES string of the molecule is COCCOc1cccc(-n2c(-c3ccccc3)c(C(=O)N3CCN(C(=O)OC(C)(C)C)CC3)[nH]c2=O)c1.